The Morgan fingerprint density at radius 3 is 2.52 bits per heavy atom. The predicted molar refractivity (Wildman–Crippen MR) is 83.6 cm³/mol. The van der Waals surface area contributed by atoms with Crippen molar-refractivity contribution in [2.75, 3.05) is 20.8 Å². The van der Waals surface area contributed by atoms with Gasteiger partial charge in [0.25, 0.3) is 0 Å². The van der Waals surface area contributed by atoms with Gasteiger partial charge in [0, 0.05) is 12.1 Å². The van der Waals surface area contributed by atoms with Crippen LogP contribution in [0.1, 0.15) is 38.8 Å². The molecule has 0 radical (unpaired) electrons. The second kappa shape index (κ2) is 7.31. The number of nitrogens with one attached hydrogen (secondary N) is 1. The Hall–Kier alpha value is -1.75. The molecular formula is C16H26N2O3. The third-order valence-electron chi connectivity index (χ3n) is 4.03. The van der Waals surface area contributed by atoms with Crippen LogP contribution in [0.15, 0.2) is 18.2 Å². The van der Waals surface area contributed by atoms with Crippen LogP contribution >= 0.6 is 0 Å². The van der Waals surface area contributed by atoms with E-state index in [4.69, 9.17) is 15.2 Å². The number of carbonyl (C=O) groups excluding carboxylic acids is 1. The second-order valence-corrected chi connectivity index (χ2v) is 5.42. The minimum Gasteiger partial charge on any atom is -0.497 e. The molecule has 2 unspecified atom stereocenters. The molecule has 1 aromatic rings. The van der Waals surface area contributed by atoms with Gasteiger partial charge in [-0.15, -0.1) is 0 Å². The summed E-state index contributed by atoms with van der Waals surface area (Å²) in [7, 11) is 3.22. The van der Waals surface area contributed by atoms with E-state index in [9.17, 15) is 4.79 Å². The van der Waals surface area contributed by atoms with E-state index < -0.39 is 5.41 Å². The van der Waals surface area contributed by atoms with Crippen molar-refractivity contribution in [3.8, 4) is 11.5 Å². The van der Waals surface area contributed by atoms with Gasteiger partial charge in [-0.25, -0.2) is 0 Å². The van der Waals surface area contributed by atoms with Gasteiger partial charge < -0.3 is 20.5 Å². The zero-order valence-electron chi connectivity index (χ0n) is 13.5. The van der Waals surface area contributed by atoms with Crippen LogP contribution in [-0.4, -0.2) is 26.7 Å². The highest BCUT2D eigenvalue weighted by Gasteiger charge is 2.31. The van der Waals surface area contributed by atoms with Crippen molar-refractivity contribution in [2.24, 2.45) is 11.1 Å². The molecule has 0 fully saturated rings. The van der Waals surface area contributed by atoms with E-state index in [2.05, 4.69) is 5.32 Å². The summed E-state index contributed by atoms with van der Waals surface area (Å²) in [5.41, 5.74) is 6.05. The van der Waals surface area contributed by atoms with E-state index in [1.54, 1.807) is 14.2 Å². The van der Waals surface area contributed by atoms with Crippen molar-refractivity contribution in [1.82, 2.24) is 5.32 Å². The Bertz CT molecular complexity index is 484. The second-order valence-electron chi connectivity index (χ2n) is 5.42. The fourth-order valence-corrected chi connectivity index (χ4v) is 2.02. The van der Waals surface area contributed by atoms with E-state index in [0.29, 0.717) is 13.0 Å². The maximum atomic E-state index is 12.4. The summed E-state index contributed by atoms with van der Waals surface area (Å²) in [5.74, 6) is 1.39. The lowest BCUT2D eigenvalue weighted by atomic mass is 9.86. The zero-order valence-corrected chi connectivity index (χ0v) is 13.5. The lowest BCUT2D eigenvalue weighted by Crippen LogP contribution is -2.44. The van der Waals surface area contributed by atoms with Crippen LogP contribution in [-0.2, 0) is 4.79 Å². The van der Waals surface area contributed by atoms with E-state index in [-0.39, 0.29) is 11.9 Å². The van der Waals surface area contributed by atoms with Crippen LogP contribution in [0.4, 0.5) is 0 Å². The molecule has 3 N–H and O–H groups in total. The molecule has 21 heavy (non-hydrogen) atoms. The third kappa shape index (κ3) is 3.88. The average Bonchev–Trinajstić information content (AvgIpc) is 2.52. The van der Waals surface area contributed by atoms with Gasteiger partial charge in [-0.1, -0.05) is 6.92 Å². The number of hydrogen-bond donors (Lipinski definition) is 2. The van der Waals surface area contributed by atoms with E-state index in [0.717, 1.165) is 17.1 Å². The maximum absolute atomic E-state index is 12.4. The molecule has 0 aliphatic rings. The summed E-state index contributed by atoms with van der Waals surface area (Å²) in [4.78, 5) is 12.4. The molecular weight excluding hydrogens is 268 g/mol. The van der Waals surface area contributed by atoms with Gasteiger partial charge in [-0.2, -0.15) is 0 Å². The van der Waals surface area contributed by atoms with Crippen LogP contribution in [0.3, 0.4) is 0 Å². The molecule has 0 spiro atoms. The topological polar surface area (TPSA) is 73.6 Å². The number of hydrogen-bond acceptors (Lipinski definition) is 4. The first kappa shape index (κ1) is 17.3. The number of rotatable bonds is 7. The van der Waals surface area contributed by atoms with Crippen LogP contribution < -0.4 is 20.5 Å². The van der Waals surface area contributed by atoms with Gasteiger partial charge in [0.05, 0.1) is 25.7 Å². The molecule has 1 aromatic carbocycles. The van der Waals surface area contributed by atoms with Crippen molar-refractivity contribution >= 4 is 5.91 Å². The van der Waals surface area contributed by atoms with Gasteiger partial charge in [0.2, 0.25) is 5.91 Å². The highest BCUT2D eigenvalue weighted by Crippen LogP contribution is 2.30. The van der Waals surface area contributed by atoms with Crippen molar-refractivity contribution in [3.05, 3.63) is 23.8 Å². The molecule has 0 saturated carbocycles. The molecule has 0 heterocycles. The van der Waals surface area contributed by atoms with Crippen molar-refractivity contribution in [3.63, 3.8) is 0 Å². The number of benzene rings is 1. The van der Waals surface area contributed by atoms with Crippen LogP contribution in [0.5, 0.6) is 11.5 Å². The van der Waals surface area contributed by atoms with Crippen molar-refractivity contribution in [2.45, 2.75) is 33.2 Å². The molecule has 0 saturated heterocycles. The molecule has 5 heteroatoms. The first-order chi connectivity index (χ1) is 9.91. The van der Waals surface area contributed by atoms with Gasteiger partial charge in [-0.3, -0.25) is 4.79 Å². The van der Waals surface area contributed by atoms with E-state index in [1.807, 2.05) is 39.0 Å². The van der Waals surface area contributed by atoms with Crippen LogP contribution in [0, 0.1) is 5.41 Å². The molecule has 0 aromatic heterocycles. The number of ether oxygens (including phenoxy) is 2. The molecule has 0 bridgehead atoms. The molecule has 2 atom stereocenters. The van der Waals surface area contributed by atoms with E-state index in [1.165, 1.54) is 0 Å². The lowest BCUT2D eigenvalue weighted by Gasteiger charge is -2.28. The fraction of sp³-hybridized carbons (Fsp3) is 0.562. The number of methoxy groups -OCH3 is 2. The molecule has 0 aliphatic carbocycles. The van der Waals surface area contributed by atoms with Gasteiger partial charge in [0.15, 0.2) is 0 Å². The summed E-state index contributed by atoms with van der Waals surface area (Å²) < 4.78 is 10.6. The number of carbonyl (C=O) groups is 1. The fourth-order valence-electron chi connectivity index (χ4n) is 2.02. The van der Waals surface area contributed by atoms with Crippen LogP contribution in [0.2, 0.25) is 0 Å². The van der Waals surface area contributed by atoms with Crippen molar-refractivity contribution < 1.29 is 14.3 Å². The zero-order chi connectivity index (χ0) is 16.0. The molecule has 1 rings (SSSR count). The van der Waals surface area contributed by atoms with Gasteiger partial charge >= 0.3 is 0 Å². The standard InChI is InChI=1S/C16H26N2O3/c1-6-16(3,10-17)15(19)18-11(2)13-9-12(20-4)7-8-14(13)21-5/h7-9,11H,6,10,17H2,1-5H3,(H,18,19). The molecule has 1 amide bonds. The predicted octanol–water partition coefficient (Wildman–Crippen LogP) is 2.26. The van der Waals surface area contributed by atoms with E-state index >= 15 is 0 Å². The highest BCUT2D eigenvalue weighted by atomic mass is 16.5. The average molecular weight is 294 g/mol. The Balaban J connectivity index is 2.98. The Morgan fingerprint density at radius 1 is 1.38 bits per heavy atom. The molecule has 5 nitrogen and oxygen atoms in total. The molecule has 0 aliphatic heterocycles. The first-order valence-corrected chi connectivity index (χ1v) is 7.14. The number of amides is 1. The monoisotopic (exact) mass is 294 g/mol. The summed E-state index contributed by atoms with van der Waals surface area (Å²) in [6, 6.07) is 5.33. The maximum Gasteiger partial charge on any atom is 0.227 e. The summed E-state index contributed by atoms with van der Waals surface area (Å²) in [5, 5.41) is 3.01. The van der Waals surface area contributed by atoms with Gasteiger partial charge in [0.1, 0.15) is 11.5 Å². The van der Waals surface area contributed by atoms with Crippen molar-refractivity contribution in [1.29, 1.82) is 0 Å². The largest absolute Gasteiger partial charge is 0.497 e. The first-order valence-electron chi connectivity index (χ1n) is 7.14. The van der Waals surface area contributed by atoms with Gasteiger partial charge in [-0.05, 0) is 38.5 Å². The summed E-state index contributed by atoms with van der Waals surface area (Å²) in [6.07, 6.45) is 0.692. The third-order valence-corrected chi connectivity index (χ3v) is 4.03. The Labute approximate surface area is 126 Å². The van der Waals surface area contributed by atoms with Crippen LogP contribution in [0.25, 0.3) is 0 Å². The number of nitrogens with two attached hydrogens (primary N) is 1. The Morgan fingerprint density at radius 2 is 2.05 bits per heavy atom. The minimum atomic E-state index is -0.555. The molecule has 118 valence electrons. The Kier molecular flexibility index (Phi) is 6.03. The summed E-state index contributed by atoms with van der Waals surface area (Å²) >= 11 is 0. The summed E-state index contributed by atoms with van der Waals surface area (Å²) in [6.45, 7) is 6.07. The minimum absolute atomic E-state index is 0.0510. The smallest absolute Gasteiger partial charge is 0.227 e. The highest BCUT2D eigenvalue weighted by molar-refractivity contribution is 5.82. The SMILES string of the molecule is CCC(C)(CN)C(=O)NC(C)c1cc(OC)ccc1OC. The lowest BCUT2D eigenvalue weighted by molar-refractivity contribution is -0.130. The quantitative estimate of drug-likeness (QED) is 0.809. The normalized spacial score (nSPS) is 15.0.